The number of amides is 1. The highest BCUT2D eigenvalue weighted by atomic mass is 32.2. The maximum absolute atomic E-state index is 13.6. The molecule has 0 spiro atoms. The number of nitrogens with zero attached hydrogens (tertiary/aromatic N) is 1. The number of hydrogen-bond acceptors (Lipinski definition) is 6. The Labute approximate surface area is 190 Å². The standard InChI is InChI=1S/C23H21NO4S3/c1-15-5-11-19(12-6-15)31(27,28)22-20(16-7-9-17(29-2)10-8-16)24(23(26)21(22)25)14-18-4-3-13-30-18/h3-13,20,25H,14H2,1-2H3/t20-/m1/s1. The highest BCUT2D eigenvalue weighted by Gasteiger charge is 2.46. The summed E-state index contributed by atoms with van der Waals surface area (Å²) in [5, 5.41) is 12.6. The molecule has 3 aromatic rings. The summed E-state index contributed by atoms with van der Waals surface area (Å²) in [5.74, 6) is -1.39. The van der Waals surface area contributed by atoms with Crippen molar-refractivity contribution >= 4 is 38.8 Å². The lowest BCUT2D eigenvalue weighted by atomic mass is 10.1. The largest absolute Gasteiger partial charge is 0.502 e. The van der Waals surface area contributed by atoms with Crippen LogP contribution in [0.1, 0.15) is 22.0 Å². The molecule has 0 unspecified atom stereocenters. The van der Waals surface area contributed by atoms with Crippen molar-refractivity contribution in [2.75, 3.05) is 6.26 Å². The van der Waals surface area contributed by atoms with Crippen molar-refractivity contribution in [2.45, 2.75) is 29.3 Å². The second-order valence-electron chi connectivity index (χ2n) is 7.22. The molecule has 0 radical (unpaired) electrons. The zero-order valence-corrected chi connectivity index (χ0v) is 19.4. The Kier molecular flexibility index (Phi) is 5.96. The van der Waals surface area contributed by atoms with Gasteiger partial charge in [0.25, 0.3) is 5.91 Å². The molecule has 2 heterocycles. The second kappa shape index (κ2) is 8.53. The number of carbonyl (C=O) groups excluding carboxylic acids is 1. The Morgan fingerprint density at radius 2 is 1.74 bits per heavy atom. The number of carbonyl (C=O) groups is 1. The summed E-state index contributed by atoms with van der Waals surface area (Å²) in [6.07, 6.45) is 1.95. The highest BCUT2D eigenvalue weighted by Crippen LogP contribution is 2.43. The monoisotopic (exact) mass is 471 g/mol. The van der Waals surface area contributed by atoms with E-state index < -0.39 is 27.5 Å². The van der Waals surface area contributed by atoms with Crippen molar-refractivity contribution < 1.29 is 18.3 Å². The van der Waals surface area contributed by atoms with Gasteiger partial charge in [-0.25, -0.2) is 8.42 Å². The van der Waals surface area contributed by atoms with E-state index >= 15 is 0 Å². The van der Waals surface area contributed by atoms with Crippen LogP contribution < -0.4 is 0 Å². The van der Waals surface area contributed by atoms with Crippen LogP contribution in [0.2, 0.25) is 0 Å². The lowest BCUT2D eigenvalue weighted by Gasteiger charge is -2.26. The summed E-state index contributed by atoms with van der Waals surface area (Å²) in [5.41, 5.74) is 1.56. The van der Waals surface area contributed by atoms with Gasteiger partial charge in [-0.15, -0.1) is 23.1 Å². The number of thioether (sulfide) groups is 1. The number of thiophene rings is 1. The van der Waals surface area contributed by atoms with Crippen LogP contribution in [0.4, 0.5) is 0 Å². The lowest BCUT2D eigenvalue weighted by Crippen LogP contribution is -2.30. The first-order valence-electron chi connectivity index (χ1n) is 9.55. The summed E-state index contributed by atoms with van der Waals surface area (Å²) in [6.45, 7) is 2.08. The zero-order valence-electron chi connectivity index (χ0n) is 17.0. The van der Waals surface area contributed by atoms with Gasteiger partial charge in [0.2, 0.25) is 9.84 Å². The number of sulfone groups is 1. The van der Waals surface area contributed by atoms with E-state index in [-0.39, 0.29) is 16.3 Å². The third-order valence-corrected chi connectivity index (χ3v) is 8.71. The zero-order chi connectivity index (χ0) is 22.2. The first-order chi connectivity index (χ1) is 14.8. The summed E-state index contributed by atoms with van der Waals surface area (Å²) in [4.78, 5) is 16.2. The fourth-order valence-electron chi connectivity index (χ4n) is 3.60. The van der Waals surface area contributed by atoms with Crippen LogP contribution in [-0.4, -0.2) is 30.6 Å². The van der Waals surface area contributed by atoms with E-state index in [0.717, 1.165) is 15.3 Å². The van der Waals surface area contributed by atoms with Crippen LogP contribution in [0, 0.1) is 6.92 Å². The first kappa shape index (κ1) is 21.7. The van der Waals surface area contributed by atoms with Gasteiger partial charge in [-0.1, -0.05) is 35.9 Å². The average Bonchev–Trinajstić information content (AvgIpc) is 3.37. The van der Waals surface area contributed by atoms with Crippen molar-refractivity contribution in [3.8, 4) is 0 Å². The molecule has 1 amide bonds. The van der Waals surface area contributed by atoms with E-state index in [1.807, 2.05) is 55.0 Å². The molecule has 5 nitrogen and oxygen atoms in total. The Hall–Kier alpha value is -2.55. The Morgan fingerprint density at radius 1 is 1.06 bits per heavy atom. The Morgan fingerprint density at radius 3 is 2.32 bits per heavy atom. The van der Waals surface area contributed by atoms with Crippen LogP contribution in [0.3, 0.4) is 0 Å². The quantitative estimate of drug-likeness (QED) is 0.506. The van der Waals surface area contributed by atoms with Gasteiger partial charge < -0.3 is 10.0 Å². The maximum Gasteiger partial charge on any atom is 0.290 e. The van der Waals surface area contributed by atoms with Gasteiger partial charge in [0.05, 0.1) is 17.5 Å². The summed E-state index contributed by atoms with van der Waals surface area (Å²) < 4.78 is 27.1. The topological polar surface area (TPSA) is 74.7 Å². The third kappa shape index (κ3) is 4.03. The molecule has 0 aliphatic carbocycles. The molecule has 0 fully saturated rings. The second-order valence-corrected chi connectivity index (χ2v) is 11.0. The van der Waals surface area contributed by atoms with Gasteiger partial charge in [-0.05, 0) is 54.5 Å². The van der Waals surface area contributed by atoms with E-state index in [1.165, 1.54) is 28.4 Å². The molecule has 160 valence electrons. The molecular weight excluding hydrogens is 450 g/mol. The van der Waals surface area contributed by atoms with Crippen LogP contribution in [0.15, 0.2) is 86.5 Å². The van der Waals surface area contributed by atoms with E-state index in [0.29, 0.717) is 5.56 Å². The SMILES string of the molecule is CSc1ccc([C@@H]2C(S(=O)(=O)c3ccc(C)cc3)=C(O)C(=O)N2Cc2cccs2)cc1. The van der Waals surface area contributed by atoms with Crippen molar-refractivity contribution in [3.05, 3.63) is 92.7 Å². The minimum Gasteiger partial charge on any atom is -0.502 e. The molecule has 0 saturated heterocycles. The molecule has 0 saturated carbocycles. The first-order valence-corrected chi connectivity index (χ1v) is 13.1. The van der Waals surface area contributed by atoms with E-state index in [4.69, 9.17) is 0 Å². The number of aliphatic hydroxyl groups is 1. The molecule has 4 rings (SSSR count). The minimum atomic E-state index is -4.10. The van der Waals surface area contributed by atoms with Crippen molar-refractivity contribution in [2.24, 2.45) is 0 Å². The van der Waals surface area contributed by atoms with E-state index in [9.17, 15) is 18.3 Å². The normalized spacial score (nSPS) is 16.9. The van der Waals surface area contributed by atoms with Gasteiger partial charge in [0.1, 0.15) is 4.91 Å². The molecule has 0 bridgehead atoms. The van der Waals surface area contributed by atoms with E-state index in [2.05, 4.69) is 0 Å². The maximum atomic E-state index is 13.6. The van der Waals surface area contributed by atoms with Crippen molar-refractivity contribution in [3.63, 3.8) is 0 Å². The highest BCUT2D eigenvalue weighted by molar-refractivity contribution is 7.98. The smallest absolute Gasteiger partial charge is 0.290 e. The van der Waals surface area contributed by atoms with Crippen LogP contribution in [0.25, 0.3) is 0 Å². The minimum absolute atomic E-state index is 0.0520. The average molecular weight is 472 g/mol. The Balaban J connectivity index is 1.85. The molecule has 1 aliphatic heterocycles. The van der Waals surface area contributed by atoms with Crippen molar-refractivity contribution in [1.82, 2.24) is 4.90 Å². The number of rotatable bonds is 6. The molecular formula is C23H21NO4S3. The molecule has 1 aliphatic rings. The fourth-order valence-corrected chi connectivity index (χ4v) is 6.36. The third-order valence-electron chi connectivity index (χ3n) is 5.22. The molecule has 8 heteroatoms. The van der Waals surface area contributed by atoms with Crippen LogP contribution >= 0.6 is 23.1 Å². The number of benzene rings is 2. The van der Waals surface area contributed by atoms with Gasteiger partial charge >= 0.3 is 0 Å². The number of hydrogen-bond donors (Lipinski definition) is 1. The van der Waals surface area contributed by atoms with Gasteiger partial charge in [-0.3, -0.25) is 4.79 Å². The lowest BCUT2D eigenvalue weighted by molar-refractivity contribution is -0.130. The summed E-state index contributed by atoms with van der Waals surface area (Å²) >= 11 is 3.05. The molecule has 31 heavy (non-hydrogen) atoms. The number of aliphatic hydroxyl groups excluding tert-OH is 1. The van der Waals surface area contributed by atoms with Crippen LogP contribution in [0.5, 0.6) is 0 Å². The van der Waals surface area contributed by atoms with E-state index in [1.54, 1.807) is 23.9 Å². The van der Waals surface area contributed by atoms with Gasteiger partial charge in [0.15, 0.2) is 5.76 Å². The Bertz CT molecular complexity index is 1230. The van der Waals surface area contributed by atoms with Crippen molar-refractivity contribution in [1.29, 1.82) is 0 Å². The number of aryl methyl sites for hydroxylation is 1. The summed E-state index contributed by atoms with van der Waals surface area (Å²) in [6, 6.07) is 16.7. The fraction of sp³-hybridized carbons (Fsp3) is 0.174. The molecule has 1 atom stereocenters. The summed E-state index contributed by atoms with van der Waals surface area (Å²) in [7, 11) is -4.10. The predicted octanol–water partition coefficient (Wildman–Crippen LogP) is 5.11. The molecule has 2 aromatic carbocycles. The van der Waals surface area contributed by atoms with Gasteiger partial charge in [-0.2, -0.15) is 0 Å². The molecule has 1 N–H and O–H groups in total. The van der Waals surface area contributed by atoms with Gasteiger partial charge in [0, 0.05) is 9.77 Å². The van der Waals surface area contributed by atoms with Crippen LogP contribution in [-0.2, 0) is 21.2 Å². The molecule has 1 aromatic heterocycles. The predicted molar refractivity (Wildman–Crippen MR) is 124 cm³/mol.